The molecule has 288 valence electrons. The van der Waals surface area contributed by atoms with Crippen LogP contribution in [0, 0.1) is 0 Å². The third-order valence-electron chi connectivity index (χ3n) is 12.6. The van der Waals surface area contributed by atoms with E-state index in [4.69, 9.17) is 23.8 Å². The molecule has 9 aromatic carbocycles. The third-order valence-corrected chi connectivity index (χ3v) is 12.6. The highest BCUT2D eigenvalue weighted by Gasteiger charge is 2.25. The van der Waals surface area contributed by atoms with E-state index in [9.17, 15) is 0 Å². The second kappa shape index (κ2) is 12.5. The average Bonchev–Trinajstić information content (AvgIpc) is 4.08. The Bertz CT molecular complexity index is 4130. The van der Waals surface area contributed by atoms with Crippen molar-refractivity contribution in [1.82, 2.24) is 24.1 Å². The molecular formula is C55H31N5O2. The van der Waals surface area contributed by atoms with Gasteiger partial charge < -0.3 is 13.4 Å². The normalized spacial score (nSPS) is 12.2. The number of benzene rings is 9. The van der Waals surface area contributed by atoms with Crippen LogP contribution in [0.1, 0.15) is 0 Å². The van der Waals surface area contributed by atoms with Crippen molar-refractivity contribution >= 4 is 98.3 Å². The Hall–Kier alpha value is -8.55. The van der Waals surface area contributed by atoms with Gasteiger partial charge in [0.25, 0.3) is 0 Å². The predicted octanol–water partition coefficient (Wildman–Crippen LogP) is 14.4. The summed E-state index contributed by atoms with van der Waals surface area (Å²) in [6, 6.07) is 65.5. The molecule has 5 aromatic heterocycles. The number of rotatable bonds is 4. The van der Waals surface area contributed by atoms with Crippen LogP contribution in [0.4, 0.5) is 0 Å². The molecule has 0 fully saturated rings. The number of furan rings is 2. The predicted molar refractivity (Wildman–Crippen MR) is 251 cm³/mol. The standard InChI is InChI=1S/C55H31N5O2/c1-2-15-33-31-47-42(30-32(33)14-1)36-18-5-8-23-43(36)59(47)46-29-28-40(50-39-20-7-12-27-49(39)62-52(46)50)53-56-54(41-22-13-21-38-37-19-6-11-26-48(37)61-51(38)41)58-55(57-53)60-44-24-9-3-16-34(44)35-17-4-10-25-45(35)60/h1-31H. The minimum Gasteiger partial charge on any atom is -0.455 e. The monoisotopic (exact) mass is 793 g/mol. The summed E-state index contributed by atoms with van der Waals surface area (Å²) in [4.78, 5) is 16.1. The van der Waals surface area contributed by atoms with Crippen LogP contribution in [0.2, 0.25) is 0 Å². The molecule has 0 bridgehead atoms. The maximum Gasteiger partial charge on any atom is 0.238 e. The molecule has 0 atom stereocenters. The van der Waals surface area contributed by atoms with Gasteiger partial charge in [-0.25, -0.2) is 4.98 Å². The highest BCUT2D eigenvalue weighted by molar-refractivity contribution is 6.18. The fourth-order valence-corrected chi connectivity index (χ4v) is 9.86. The first-order chi connectivity index (χ1) is 30.7. The zero-order valence-electron chi connectivity index (χ0n) is 33.0. The van der Waals surface area contributed by atoms with Crippen molar-refractivity contribution in [3.05, 3.63) is 188 Å². The summed E-state index contributed by atoms with van der Waals surface area (Å²) < 4.78 is 18.1. The van der Waals surface area contributed by atoms with E-state index in [1.807, 2.05) is 36.4 Å². The smallest absolute Gasteiger partial charge is 0.238 e. The van der Waals surface area contributed by atoms with Crippen LogP contribution >= 0.6 is 0 Å². The summed E-state index contributed by atoms with van der Waals surface area (Å²) in [6.45, 7) is 0. The Balaban J connectivity index is 1.09. The van der Waals surface area contributed by atoms with Crippen LogP contribution in [0.25, 0.3) is 133 Å². The van der Waals surface area contributed by atoms with Crippen LogP contribution in [0.3, 0.4) is 0 Å². The Morgan fingerprint density at radius 2 is 0.871 bits per heavy atom. The molecule has 14 rings (SSSR count). The molecule has 0 saturated carbocycles. The van der Waals surface area contributed by atoms with Gasteiger partial charge in [0.1, 0.15) is 16.7 Å². The van der Waals surface area contributed by atoms with Crippen molar-refractivity contribution in [2.45, 2.75) is 0 Å². The SMILES string of the molecule is c1ccc2cc3c(cc2c1)c1ccccc1n3-c1ccc(-c2nc(-c3cccc4c3oc3ccccc34)nc(-n3c4ccccc4c4ccccc43)n2)c2c1oc1ccccc12. The molecule has 62 heavy (non-hydrogen) atoms. The summed E-state index contributed by atoms with van der Waals surface area (Å²) in [5, 5.41) is 10.9. The topological polar surface area (TPSA) is 74.8 Å². The van der Waals surface area contributed by atoms with Gasteiger partial charge in [0.15, 0.2) is 17.2 Å². The Kier molecular flexibility index (Phi) is 6.71. The van der Waals surface area contributed by atoms with E-state index in [0.717, 1.165) is 93.5 Å². The molecule has 0 aliphatic carbocycles. The van der Waals surface area contributed by atoms with Crippen molar-refractivity contribution in [3.8, 4) is 34.4 Å². The molecule has 0 radical (unpaired) electrons. The Labute approximate surface area is 352 Å². The van der Waals surface area contributed by atoms with Gasteiger partial charge in [0, 0.05) is 48.7 Å². The highest BCUT2D eigenvalue weighted by atomic mass is 16.3. The Morgan fingerprint density at radius 3 is 1.60 bits per heavy atom. The molecule has 0 saturated heterocycles. The number of para-hydroxylation sites is 6. The van der Waals surface area contributed by atoms with Crippen molar-refractivity contribution in [3.63, 3.8) is 0 Å². The van der Waals surface area contributed by atoms with Gasteiger partial charge in [0.2, 0.25) is 5.95 Å². The van der Waals surface area contributed by atoms with E-state index < -0.39 is 0 Å². The molecular weight excluding hydrogens is 763 g/mol. The van der Waals surface area contributed by atoms with Crippen molar-refractivity contribution in [1.29, 1.82) is 0 Å². The van der Waals surface area contributed by atoms with Crippen molar-refractivity contribution in [2.75, 3.05) is 0 Å². The van der Waals surface area contributed by atoms with Gasteiger partial charge in [-0.3, -0.25) is 4.57 Å². The molecule has 0 spiro atoms. The second-order valence-electron chi connectivity index (χ2n) is 15.9. The number of fused-ring (bicyclic) bond motifs is 13. The zero-order valence-corrected chi connectivity index (χ0v) is 33.0. The quantitative estimate of drug-likeness (QED) is 0.177. The lowest BCUT2D eigenvalue weighted by molar-refractivity contribution is 0.666. The van der Waals surface area contributed by atoms with E-state index in [-0.39, 0.29) is 0 Å². The summed E-state index contributed by atoms with van der Waals surface area (Å²) in [5.41, 5.74) is 9.85. The zero-order chi connectivity index (χ0) is 40.5. The molecule has 7 heteroatoms. The molecule has 0 aliphatic heterocycles. The lowest BCUT2D eigenvalue weighted by atomic mass is 10.0. The highest BCUT2D eigenvalue weighted by Crippen LogP contribution is 2.44. The van der Waals surface area contributed by atoms with E-state index in [1.54, 1.807) is 0 Å². The van der Waals surface area contributed by atoms with Gasteiger partial charge in [-0.05, 0) is 71.4 Å². The van der Waals surface area contributed by atoms with Gasteiger partial charge in [-0.1, -0.05) is 127 Å². The van der Waals surface area contributed by atoms with Crippen LogP contribution < -0.4 is 0 Å². The maximum atomic E-state index is 6.97. The molecule has 5 heterocycles. The fraction of sp³-hybridized carbons (Fsp3) is 0. The minimum absolute atomic E-state index is 0.509. The van der Waals surface area contributed by atoms with Crippen molar-refractivity contribution in [2.24, 2.45) is 0 Å². The summed E-state index contributed by atoms with van der Waals surface area (Å²) >= 11 is 0. The van der Waals surface area contributed by atoms with E-state index in [0.29, 0.717) is 17.6 Å². The fourth-order valence-electron chi connectivity index (χ4n) is 9.86. The molecule has 0 N–H and O–H groups in total. The van der Waals surface area contributed by atoms with Crippen LogP contribution in [0.5, 0.6) is 0 Å². The molecule has 7 nitrogen and oxygen atoms in total. The first-order valence-electron chi connectivity index (χ1n) is 20.8. The maximum absolute atomic E-state index is 6.97. The van der Waals surface area contributed by atoms with Gasteiger partial charge in [-0.2, -0.15) is 9.97 Å². The second-order valence-corrected chi connectivity index (χ2v) is 15.9. The molecule has 0 aliphatic rings. The largest absolute Gasteiger partial charge is 0.455 e. The average molecular weight is 794 g/mol. The number of hydrogen-bond acceptors (Lipinski definition) is 5. The molecule has 0 amide bonds. The van der Waals surface area contributed by atoms with Gasteiger partial charge in [0.05, 0.1) is 33.3 Å². The Morgan fingerprint density at radius 1 is 0.339 bits per heavy atom. The number of nitrogens with zero attached hydrogens (tertiary/aromatic N) is 5. The van der Waals surface area contributed by atoms with Crippen LogP contribution in [-0.2, 0) is 0 Å². The first-order valence-corrected chi connectivity index (χ1v) is 20.8. The molecule has 0 unspecified atom stereocenters. The van der Waals surface area contributed by atoms with Crippen LogP contribution in [-0.4, -0.2) is 24.1 Å². The summed E-state index contributed by atoms with van der Waals surface area (Å²) in [6.07, 6.45) is 0. The third kappa shape index (κ3) is 4.61. The number of hydrogen-bond donors (Lipinski definition) is 0. The van der Waals surface area contributed by atoms with Gasteiger partial charge in [-0.15, -0.1) is 0 Å². The molecule has 14 aromatic rings. The van der Waals surface area contributed by atoms with E-state index >= 15 is 0 Å². The van der Waals surface area contributed by atoms with Crippen LogP contribution in [0.15, 0.2) is 197 Å². The minimum atomic E-state index is 0.509. The lowest BCUT2D eigenvalue weighted by Crippen LogP contribution is -2.07. The van der Waals surface area contributed by atoms with Crippen molar-refractivity contribution < 1.29 is 8.83 Å². The first kappa shape index (κ1) is 33.3. The summed E-state index contributed by atoms with van der Waals surface area (Å²) in [5.74, 6) is 1.54. The summed E-state index contributed by atoms with van der Waals surface area (Å²) in [7, 11) is 0. The lowest BCUT2D eigenvalue weighted by Gasteiger charge is -2.13. The van der Waals surface area contributed by atoms with E-state index in [2.05, 4.69) is 161 Å². The van der Waals surface area contributed by atoms with Gasteiger partial charge >= 0.3 is 0 Å². The van der Waals surface area contributed by atoms with E-state index in [1.165, 1.54) is 21.5 Å². The number of aromatic nitrogens is 5.